The highest BCUT2D eigenvalue weighted by molar-refractivity contribution is 7.18. The lowest BCUT2D eigenvalue weighted by molar-refractivity contribution is 0.0321. The summed E-state index contributed by atoms with van der Waals surface area (Å²) in [6.45, 7) is 8.33. The number of fused-ring (bicyclic) bond motifs is 1. The van der Waals surface area contributed by atoms with Crippen LogP contribution in [0.3, 0.4) is 0 Å². The summed E-state index contributed by atoms with van der Waals surface area (Å²) in [5.74, 6) is 1.12. The van der Waals surface area contributed by atoms with E-state index in [-0.39, 0.29) is 0 Å². The van der Waals surface area contributed by atoms with E-state index in [9.17, 15) is 0 Å². The van der Waals surface area contributed by atoms with Crippen LogP contribution in [0.2, 0.25) is 0 Å². The Balaban J connectivity index is 1.48. The number of aromatic nitrogens is 2. The van der Waals surface area contributed by atoms with Gasteiger partial charge in [0.2, 0.25) is 0 Å². The second-order valence-corrected chi connectivity index (χ2v) is 7.04. The highest BCUT2D eigenvalue weighted by Crippen LogP contribution is 2.31. The van der Waals surface area contributed by atoms with Gasteiger partial charge in [0.25, 0.3) is 0 Å². The van der Waals surface area contributed by atoms with E-state index in [1.807, 2.05) is 0 Å². The predicted molar refractivity (Wildman–Crippen MR) is 89.8 cm³/mol. The molecular formula is C16H22N4OS. The number of thiophene rings is 1. The Hall–Kier alpha value is -1.24. The molecule has 0 unspecified atom stereocenters. The van der Waals surface area contributed by atoms with Crippen LogP contribution in [0.5, 0.6) is 0 Å². The number of piperazine rings is 1. The molecule has 118 valence electrons. The Morgan fingerprint density at radius 1 is 1.14 bits per heavy atom. The molecule has 2 aromatic rings. The van der Waals surface area contributed by atoms with E-state index in [4.69, 9.17) is 4.74 Å². The molecule has 6 heteroatoms. The molecule has 2 aliphatic rings. The fourth-order valence-corrected chi connectivity index (χ4v) is 4.55. The Bertz CT molecular complexity index is 645. The standard InChI is InChI=1S/C16H22N4OS/c1-12-10-22-15-14(12)17-11-18-16(15)20-6-4-19(5-7-20)13-2-8-21-9-3-13/h10-11,13H,2-9H2,1H3. The molecule has 0 aliphatic carbocycles. The third-order valence-electron chi connectivity index (χ3n) is 4.83. The number of nitrogens with zero attached hydrogens (tertiary/aromatic N) is 4. The first-order valence-corrected chi connectivity index (χ1v) is 8.96. The SMILES string of the molecule is Cc1csc2c(N3CCN(C4CCOCC4)CC3)ncnc12. The van der Waals surface area contributed by atoms with Gasteiger partial charge in [0.05, 0.1) is 10.2 Å². The van der Waals surface area contributed by atoms with Crippen molar-refractivity contribution in [2.24, 2.45) is 0 Å². The molecule has 0 N–H and O–H groups in total. The fraction of sp³-hybridized carbons (Fsp3) is 0.625. The molecule has 2 saturated heterocycles. The average molecular weight is 318 g/mol. The summed E-state index contributed by atoms with van der Waals surface area (Å²) in [6, 6.07) is 0.713. The lowest BCUT2D eigenvalue weighted by atomic mass is 10.1. The van der Waals surface area contributed by atoms with Gasteiger partial charge in [-0.15, -0.1) is 11.3 Å². The summed E-state index contributed by atoms with van der Waals surface area (Å²) in [6.07, 6.45) is 4.08. The molecule has 22 heavy (non-hydrogen) atoms. The van der Waals surface area contributed by atoms with Crippen molar-refractivity contribution in [1.29, 1.82) is 0 Å². The van der Waals surface area contributed by atoms with Crippen molar-refractivity contribution in [2.75, 3.05) is 44.3 Å². The molecule has 0 radical (unpaired) electrons. The van der Waals surface area contributed by atoms with Crippen LogP contribution in [0.15, 0.2) is 11.7 Å². The van der Waals surface area contributed by atoms with Gasteiger partial charge in [-0.2, -0.15) is 0 Å². The second-order valence-electron chi connectivity index (χ2n) is 6.16. The van der Waals surface area contributed by atoms with Gasteiger partial charge in [-0.25, -0.2) is 9.97 Å². The molecule has 0 amide bonds. The van der Waals surface area contributed by atoms with Crippen LogP contribution >= 0.6 is 11.3 Å². The van der Waals surface area contributed by atoms with E-state index in [2.05, 4.69) is 32.1 Å². The highest BCUT2D eigenvalue weighted by atomic mass is 32.1. The normalized spacial score (nSPS) is 21.6. The molecule has 0 spiro atoms. The van der Waals surface area contributed by atoms with Gasteiger partial charge in [-0.1, -0.05) is 0 Å². The van der Waals surface area contributed by atoms with Gasteiger partial charge >= 0.3 is 0 Å². The molecule has 4 heterocycles. The maximum absolute atomic E-state index is 5.48. The van der Waals surface area contributed by atoms with Crippen LogP contribution in [-0.2, 0) is 4.74 Å². The lowest BCUT2D eigenvalue weighted by Crippen LogP contribution is -2.51. The molecule has 2 fully saturated rings. The van der Waals surface area contributed by atoms with E-state index in [0.29, 0.717) is 6.04 Å². The van der Waals surface area contributed by atoms with Gasteiger partial charge in [0.15, 0.2) is 0 Å². The van der Waals surface area contributed by atoms with Gasteiger partial charge < -0.3 is 9.64 Å². The topological polar surface area (TPSA) is 41.5 Å². The monoisotopic (exact) mass is 318 g/mol. The van der Waals surface area contributed by atoms with Crippen LogP contribution in [0.1, 0.15) is 18.4 Å². The predicted octanol–water partition coefficient (Wildman–Crippen LogP) is 2.30. The van der Waals surface area contributed by atoms with Gasteiger partial charge in [0, 0.05) is 45.4 Å². The van der Waals surface area contributed by atoms with Crippen molar-refractivity contribution >= 4 is 27.4 Å². The molecule has 0 aromatic carbocycles. The van der Waals surface area contributed by atoms with Crippen LogP contribution < -0.4 is 4.90 Å². The minimum Gasteiger partial charge on any atom is -0.381 e. The molecule has 0 bridgehead atoms. The van der Waals surface area contributed by atoms with Crippen LogP contribution in [0.4, 0.5) is 5.82 Å². The summed E-state index contributed by atoms with van der Waals surface area (Å²) in [7, 11) is 0. The Kier molecular flexibility index (Phi) is 3.98. The third kappa shape index (κ3) is 2.59. The van der Waals surface area contributed by atoms with Gasteiger partial charge in [-0.3, -0.25) is 4.90 Å². The van der Waals surface area contributed by atoms with Crippen LogP contribution in [0.25, 0.3) is 10.2 Å². The first kappa shape index (κ1) is 14.4. The highest BCUT2D eigenvalue weighted by Gasteiger charge is 2.26. The maximum atomic E-state index is 5.48. The Labute approximate surface area is 134 Å². The second kappa shape index (κ2) is 6.10. The number of hydrogen-bond acceptors (Lipinski definition) is 6. The maximum Gasteiger partial charge on any atom is 0.150 e. The lowest BCUT2D eigenvalue weighted by Gasteiger charge is -2.41. The van der Waals surface area contributed by atoms with E-state index < -0.39 is 0 Å². The van der Waals surface area contributed by atoms with Gasteiger partial charge in [0.1, 0.15) is 12.1 Å². The number of aryl methyl sites for hydroxylation is 1. The summed E-state index contributed by atoms with van der Waals surface area (Å²) >= 11 is 1.77. The minimum absolute atomic E-state index is 0.713. The van der Waals surface area contributed by atoms with E-state index in [1.54, 1.807) is 17.7 Å². The van der Waals surface area contributed by atoms with Crippen molar-refractivity contribution in [3.05, 3.63) is 17.3 Å². The first-order chi connectivity index (χ1) is 10.8. The number of anilines is 1. The summed E-state index contributed by atoms with van der Waals surface area (Å²) in [5.41, 5.74) is 2.37. The average Bonchev–Trinajstić information content (AvgIpc) is 2.97. The molecule has 0 saturated carbocycles. The fourth-order valence-electron chi connectivity index (χ4n) is 3.53. The zero-order valence-electron chi connectivity index (χ0n) is 13.0. The Morgan fingerprint density at radius 2 is 1.91 bits per heavy atom. The van der Waals surface area contributed by atoms with Gasteiger partial charge in [-0.05, 0) is 30.7 Å². The molecular weight excluding hydrogens is 296 g/mol. The molecule has 2 aliphatic heterocycles. The smallest absolute Gasteiger partial charge is 0.150 e. The van der Waals surface area contributed by atoms with Crippen LogP contribution in [0, 0.1) is 6.92 Å². The summed E-state index contributed by atoms with van der Waals surface area (Å²) in [5, 5.41) is 2.18. The Morgan fingerprint density at radius 3 is 2.68 bits per heavy atom. The number of ether oxygens (including phenoxy) is 1. The summed E-state index contributed by atoms with van der Waals surface area (Å²) < 4.78 is 6.71. The molecule has 0 atom stereocenters. The quantitative estimate of drug-likeness (QED) is 0.850. The molecule has 2 aromatic heterocycles. The number of rotatable bonds is 2. The summed E-state index contributed by atoms with van der Waals surface area (Å²) in [4.78, 5) is 14.1. The van der Waals surface area contributed by atoms with Crippen molar-refractivity contribution < 1.29 is 4.74 Å². The van der Waals surface area contributed by atoms with E-state index >= 15 is 0 Å². The van der Waals surface area contributed by atoms with Crippen molar-refractivity contribution in [2.45, 2.75) is 25.8 Å². The first-order valence-electron chi connectivity index (χ1n) is 8.08. The molecule has 5 nitrogen and oxygen atoms in total. The van der Waals surface area contributed by atoms with Crippen molar-refractivity contribution in [3.8, 4) is 0 Å². The third-order valence-corrected chi connectivity index (χ3v) is 5.92. The zero-order chi connectivity index (χ0) is 14.9. The van der Waals surface area contributed by atoms with Crippen LogP contribution in [-0.4, -0.2) is 60.3 Å². The van der Waals surface area contributed by atoms with Crippen molar-refractivity contribution in [3.63, 3.8) is 0 Å². The number of hydrogen-bond donors (Lipinski definition) is 0. The molecule has 4 rings (SSSR count). The van der Waals surface area contributed by atoms with E-state index in [1.165, 1.54) is 23.1 Å². The largest absolute Gasteiger partial charge is 0.381 e. The van der Waals surface area contributed by atoms with E-state index in [0.717, 1.165) is 50.7 Å². The zero-order valence-corrected chi connectivity index (χ0v) is 13.8. The minimum atomic E-state index is 0.713. The van der Waals surface area contributed by atoms with Crippen molar-refractivity contribution in [1.82, 2.24) is 14.9 Å².